The summed E-state index contributed by atoms with van der Waals surface area (Å²) in [5, 5.41) is 3.42. The Kier molecular flexibility index (Phi) is 4.06. The molecule has 0 unspecified atom stereocenters. The molecule has 0 radical (unpaired) electrons. The van der Waals surface area contributed by atoms with Crippen molar-refractivity contribution in [3.05, 3.63) is 35.5 Å². The van der Waals surface area contributed by atoms with Crippen LogP contribution in [0.4, 0.5) is 5.82 Å². The van der Waals surface area contributed by atoms with Crippen molar-refractivity contribution in [1.29, 1.82) is 0 Å². The fourth-order valence-corrected chi connectivity index (χ4v) is 4.04. The predicted octanol–water partition coefficient (Wildman–Crippen LogP) is 3.11. The van der Waals surface area contributed by atoms with Crippen molar-refractivity contribution in [3.63, 3.8) is 0 Å². The molecule has 0 aromatic carbocycles. The minimum absolute atomic E-state index is 0.206. The van der Waals surface area contributed by atoms with Crippen molar-refractivity contribution in [1.82, 2.24) is 9.88 Å². The molecule has 3 aliphatic rings. The van der Waals surface area contributed by atoms with E-state index in [0.29, 0.717) is 11.8 Å². The molecule has 0 bridgehead atoms. The lowest BCUT2D eigenvalue weighted by Gasteiger charge is -2.33. The second-order valence-electron chi connectivity index (χ2n) is 7.01. The number of aromatic nitrogens is 1. The summed E-state index contributed by atoms with van der Waals surface area (Å²) < 4.78 is 0. The monoisotopic (exact) mass is 311 g/mol. The maximum absolute atomic E-state index is 12.5. The van der Waals surface area contributed by atoms with Gasteiger partial charge in [0.15, 0.2) is 0 Å². The molecule has 1 aromatic heterocycles. The number of rotatable bonds is 2. The van der Waals surface area contributed by atoms with Crippen molar-refractivity contribution in [3.8, 4) is 0 Å². The lowest BCUT2D eigenvalue weighted by Crippen LogP contribution is -2.41. The van der Waals surface area contributed by atoms with Crippen LogP contribution in [0.1, 0.15) is 49.3 Å². The Morgan fingerprint density at radius 2 is 1.96 bits per heavy atom. The zero-order valence-corrected chi connectivity index (χ0v) is 13.6. The summed E-state index contributed by atoms with van der Waals surface area (Å²) in [6.45, 7) is 2.80. The Balaban J connectivity index is 1.38. The predicted molar refractivity (Wildman–Crippen MR) is 91.5 cm³/mol. The number of pyridine rings is 1. The third kappa shape index (κ3) is 2.99. The van der Waals surface area contributed by atoms with Gasteiger partial charge in [-0.2, -0.15) is 0 Å². The zero-order chi connectivity index (χ0) is 15.6. The summed E-state index contributed by atoms with van der Waals surface area (Å²) >= 11 is 0. The molecule has 1 saturated heterocycles. The number of allylic oxidation sites excluding steroid dienone is 2. The van der Waals surface area contributed by atoms with Crippen LogP contribution in [0, 0.1) is 5.92 Å². The van der Waals surface area contributed by atoms with Gasteiger partial charge in [0.05, 0.1) is 0 Å². The topological polar surface area (TPSA) is 45.2 Å². The van der Waals surface area contributed by atoms with Gasteiger partial charge in [-0.05, 0) is 50.2 Å². The number of likely N-dealkylation sites (tertiary alicyclic amines) is 1. The maximum atomic E-state index is 12.5. The van der Waals surface area contributed by atoms with Crippen LogP contribution in [0.2, 0.25) is 0 Å². The molecule has 0 saturated carbocycles. The van der Waals surface area contributed by atoms with Gasteiger partial charge in [0.2, 0.25) is 5.91 Å². The Bertz CT molecular complexity index is 609. The smallest absolute Gasteiger partial charge is 0.226 e. The minimum atomic E-state index is 0.206. The largest absolute Gasteiger partial charge is 0.370 e. The first-order valence-corrected chi connectivity index (χ1v) is 8.99. The number of carbonyl (C=O) groups excluding carboxylic acids is 1. The highest BCUT2D eigenvalue weighted by molar-refractivity contribution is 5.79. The normalized spacial score (nSPS) is 22.0. The molecule has 1 aliphatic carbocycles. The van der Waals surface area contributed by atoms with Crippen LogP contribution >= 0.6 is 0 Å². The summed E-state index contributed by atoms with van der Waals surface area (Å²) in [6.07, 6.45) is 10.5. The number of amides is 1. The lowest BCUT2D eigenvalue weighted by molar-refractivity contribution is -0.136. The number of hydrogen-bond donors (Lipinski definition) is 1. The van der Waals surface area contributed by atoms with Gasteiger partial charge in [-0.1, -0.05) is 18.2 Å². The van der Waals surface area contributed by atoms with E-state index in [1.54, 1.807) is 0 Å². The third-order valence-electron chi connectivity index (χ3n) is 5.50. The first kappa shape index (κ1) is 14.7. The molecular formula is C19H25N3O. The number of hydrogen-bond acceptors (Lipinski definition) is 3. The zero-order valence-electron chi connectivity index (χ0n) is 13.6. The van der Waals surface area contributed by atoms with E-state index >= 15 is 0 Å². The number of nitrogens with zero attached hydrogens (tertiary/aromatic N) is 2. The summed E-state index contributed by atoms with van der Waals surface area (Å²) in [7, 11) is 0. The fourth-order valence-electron chi connectivity index (χ4n) is 4.04. The molecule has 23 heavy (non-hydrogen) atoms. The van der Waals surface area contributed by atoms with Gasteiger partial charge >= 0.3 is 0 Å². The number of nitrogens with one attached hydrogen (secondary N) is 1. The van der Waals surface area contributed by atoms with E-state index in [-0.39, 0.29) is 5.92 Å². The van der Waals surface area contributed by atoms with Gasteiger partial charge in [0.1, 0.15) is 5.82 Å². The SMILES string of the molecule is O=C(C1CC=CC1)N1CCC(c2ccc3c(n2)NCCC3)CC1. The maximum Gasteiger partial charge on any atom is 0.226 e. The van der Waals surface area contributed by atoms with E-state index in [4.69, 9.17) is 4.98 Å². The average molecular weight is 311 g/mol. The molecule has 3 heterocycles. The Morgan fingerprint density at radius 3 is 2.74 bits per heavy atom. The van der Waals surface area contributed by atoms with Gasteiger partial charge in [0.25, 0.3) is 0 Å². The quantitative estimate of drug-likeness (QED) is 0.854. The van der Waals surface area contributed by atoms with Crippen molar-refractivity contribution in [2.75, 3.05) is 25.0 Å². The van der Waals surface area contributed by atoms with Crippen LogP contribution in [0.5, 0.6) is 0 Å². The van der Waals surface area contributed by atoms with Gasteiger partial charge in [0, 0.05) is 37.2 Å². The van der Waals surface area contributed by atoms with Crippen LogP contribution < -0.4 is 5.32 Å². The van der Waals surface area contributed by atoms with Crippen LogP contribution in [-0.2, 0) is 11.2 Å². The Morgan fingerprint density at radius 1 is 1.17 bits per heavy atom. The molecule has 0 atom stereocenters. The number of fused-ring (bicyclic) bond motifs is 1. The molecule has 2 aliphatic heterocycles. The number of aryl methyl sites for hydroxylation is 1. The van der Waals surface area contributed by atoms with E-state index in [9.17, 15) is 4.79 Å². The number of carbonyl (C=O) groups is 1. The van der Waals surface area contributed by atoms with Crippen LogP contribution in [0.3, 0.4) is 0 Å². The summed E-state index contributed by atoms with van der Waals surface area (Å²) in [6, 6.07) is 4.44. The first-order chi connectivity index (χ1) is 11.3. The molecule has 4 heteroatoms. The summed E-state index contributed by atoms with van der Waals surface area (Å²) in [4.78, 5) is 19.4. The Labute approximate surface area is 138 Å². The third-order valence-corrected chi connectivity index (χ3v) is 5.50. The molecular weight excluding hydrogens is 286 g/mol. The van der Waals surface area contributed by atoms with Gasteiger partial charge in [-0.3, -0.25) is 4.79 Å². The fraction of sp³-hybridized carbons (Fsp3) is 0.579. The van der Waals surface area contributed by atoms with Gasteiger partial charge in [-0.15, -0.1) is 0 Å². The summed E-state index contributed by atoms with van der Waals surface area (Å²) in [5.74, 6) is 2.14. The second-order valence-corrected chi connectivity index (χ2v) is 7.01. The van der Waals surface area contributed by atoms with Crippen molar-refractivity contribution in [2.24, 2.45) is 5.92 Å². The minimum Gasteiger partial charge on any atom is -0.370 e. The first-order valence-electron chi connectivity index (χ1n) is 8.99. The van der Waals surface area contributed by atoms with E-state index in [1.807, 2.05) is 0 Å². The lowest BCUT2D eigenvalue weighted by atomic mass is 9.91. The highest BCUT2D eigenvalue weighted by Gasteiger charge is 2.29. The average Bonchev–Trinajstić information content (AvgIpc) is 3.15. The summed E-state index contributed by atoms with van der Waals surface area (Å²) in [5.41, 5.74) is 2.55. The molecule has 1 amide bonds. The molecule has 1 fully saturated rings. The highest BCUT2D eigenvalue weighted by atomic mass is 16.2. The second kappa shape index (κ2) is 6.34. The van der Waals surface area contributed by atoms with E-state index in [0.717, 1.165) is 57.6 Å². The molecule has 1 aromatic rings. The molecule has 122 valence electrons. The van der Waals surface area contributed by atoms with E-state index < -0.39 is 0 Å². The van der Waals surface area contributed by atoms with Gasteiger partial charge in [-0.25, -0.2) is 4.98 Å². The Hall–Kier alpha value is -1.84. The van der Waals surface area contributed by atoms with Crippen molar-refractivity contribution in [2.45, 2.75) is 44.4 Å². The standard InChI is InChI=1S/C19H25N3O/c23-19(16-4-1-2-5-16)22-12-9-14(10-13-22)17-8-7-15-6-3-11-20-18(15)21-17/h1-2,7-8,14,16H,3-6,9-13H2,(H,20,21). The van der Waals surface area contributed by atoms with Gasteiger partial charge < -0.3 is 10.2 Å². The van der Waals surface area contributed by atoms with E-state index in [2.05, 4.69) is 34.5 Å². The van der Waals surface area contributed by atoms with Crippen LogP contribution in [-0.4, -0.2) is 35.4 Å². The molecule has 4 nitrogen and oxygen atoms in total. The number of anilines is 1. The highest BCUT2D eigenvalue weighted by Crippen LogP contribution is 2.31. The molecule has 1 N–H and O–H groups in total. The van der Waals surface area contributed by atoms with Crippen molar-refractivity contribution < 1.29 is 4.79 Å². The molecule has 0 spiro atoms. The van der Waals surface area contributed by atoms with Crippen LogP contribution in [0.15, 0.2) is 24.3 Å². The van der Waals surface area contributed by atoms with Crippen LogP contribution in [0.25, 0.3) is 0 Å². The van der Waals surface area contributed by atoms with E-state index in [1.165, 1.54) is 17.7 Å². The molecule has 4 rings (SSSR count). The number of piperidine rings is 1. The van der Waals surface area contributed by atoms with Crippen molar-refractivity contribution >= 4 is 11.7 Å².